The number of aryl methyl sites for hydroxylation is 1. The van der Waals surface area contributed by atoms with Crippen LogP contribution in [0.4, 0.5) is 9.93 Å². The molecule has 3 aromatic rings. The number of hydrogen-bond acceptors (Lipinski definition) is 6. The van der Waals surface area contributed by atoms with Crippen molar-refractivity contribution >= 4 is 33.5 Å². The van der Waals surface area contributed by atoms with E-state index in [1.807, 2.05) is 32.0 Å². The summed E-state index contributed by atoms with van der Waals surface area (Å²) in [4.78, 5) is 12.0. The fraction of sp³-hybridized carbons (Fsp3) is 0.267. The Morgan fingerprint density at radius 3 is 2.96 bits per heavy atom. The Bertz CT molecular complexity index is 829. The molecule has 2 N–H and O–H groups in total. The van der Waals surface area contributed by atoms with Gasteiger partial charge in [0, 0.05) is 10.9 Å². The second-order valence-electron chi connectivity index (χ2n) is 5.02. The highest BCUT2D eigenvalue weighted by Crippen LogP contribution is 2.31. The molecule has 2 heterocycles. The molecule has 0 aliphatic rings. The number of nitrogens with one attached hydrogen (secondary N) is 2. The van der Waals surface area contributed by atoms with Gasteiger partial charge in [0.2, 0.25) is 5.13 Å². The van der Waals surface area contributed by atoms with Gasteiger partial charge in [0.05, 0.1) is 13.2 Å². The molecule has 7 nitrogen and oxygen atoms in total. The molecule has 0 saturated heterocycles. The lowest BCUT2D eigenvalue weighted by Gasteiger charge is -2.12. The summed E-state index contributed by atoms with van der Waals surface area (Å²) in [6.45, 7) is 3.82. The van der Waals surface area contributed by atoms with E-state index in [0.717, 1.165) is 22.3 Å². The van der Waals surface area contributed by atoms with Gasteiger partial charge in [-0.25, -0.2) is 4.79 Å². The number of carbonyl (C=O) groups is 1. The van der Waals surface area contributed by atoms with Gasteiger partial charge in [0.15, 0.2) is 0 Å². The molecule has 0 fully saturated rings. The van der Waals surface area contributed by atoms with Crippen LogP contribution in [0.1, 0.15) is 24.3 Å². The third kappa shape index (κ3) is 3.11. The number of furan rings is 1. The maximum absolute atomic E-state index is 12.0. The van der Waals surface area contributed by atoms with E-state index in [1.54, 1.807) is 12.6 Å². The largest absolute Gasteiger partial charge is 0.497 e. The highest BCUT2D eigenvalue weighted by molar-refractivity contribution is 7.13. The van der Waals surface area contributed by atoms with Crippen molar-refractivity contribution in [2.75, 3.05) is 12.4 Å². The Balaban J connectivity index is 1.79. The van der Waals surface area contributed by atoms with E-state index in [0.29, 0.717) is 10.9 Å². The standard InChI is InChI=1S/C15H16N4O3S/c1-8-11-6-10(21-3)4-5-12(11)22-13(8)9(2)17-14(20)18-15-19-16-7-23-15/h4-7,9H,1-3H3,(H2,17,18,19,20)/t9-/m1/s1. The highest BCUT2D eigenvalue weighted by atomic mass is 32.1. The van der Waals surface area contributed by atoms with Gasteiger partial charge in [-0.2, -0.15) is 0 Å². The number of anilines is 1. The Kier molecular flexibility index (Phi) is 4.16. The van der Waals surface area contributed by atoms with Crippen molar-refractivity contribution in [2.45, 2.75) is 19.9 Å². The van der Waals surface area contributed by atoms with E-state index in [2.05, 4.69) is 20.8 Å². The minimum absolute atomic E-state index is 0.290. The predicted molar refractivity (Wildman–Crippen MR) is 88.0 cm³/mol. The summed E-state index contributed by atoms with van der Waals surface area (Å²) in [6, 6.07) is 4.98. The lowest BCUT2D eigenvalue weighted by atomic mass is 10.1. The van der Waals surface area contributed by atoms with E-state index in [-0.39, 0.29) is 12.1 Å². The van der Waals surface area contributed by atoms with Crippen LogP contribution in [-0.2, 0) is 0 Å². The van der Waals surface area contributed by atoms with Crippen LogP contribution in [0.25, 0.3) is 11.0 Å². The molecular formula is C15H16N4O3S. The monoisotopic (exact) mass is 332 g/mol. The van der Waals surface area contributed by atoms with Gasteiger partial charge in [-0.3, -0.25) is 5.32 Å². The molecule has 23 heavy (non-hydrogen) atoms. The van der Waals surface area contributed by atoms with Crippen molar-refractivity contribution in [1.82, 2.24) is 15.5 Å². The number of amides is 2. The normalized spacial score (nSPS) is 12.1. The Labute approximate surface area is 136 Å². The smallest absolute Gasteiger partial charge is 0.321 e. The quantitative estimate of drug-likeness (QED) is 0.763. The fourth-order valence-corrected chi connectivity index (χ4v) is 2.82. The summed E-state index contributed by atoms with van der Waals surface area (Å²) >= 11 is 1.25. The number of ether oxygens (including phenoxy) is 1. The van der Waals surface area contributed by atoms with Crippen LogP contribution in [0.3, 0.4) is 0 Å². The van der Waals surface area contributed by atoms with Gasteiger partial charge in [-0.15, -0.1) is 10.2 Å². The number of benzene rings is 1. The molecule has 0 unspecified atom stereocenters. The van der Waals surface area contributed by atoms with Gasteiger partial charge in [-0.05, 0) is 32.0 Å². The second-order valence-corrected chi connectivity index (χ2v) is 5.85. The molecule has 1 aromatic carbocycles. The summed E-state index contributed by atoms with van der Waals surface area (Å²) in [6.07, 6.45) is 0. The molecule has 0 aliphatic carbocycles. The number of rotatable bonds is 4. The molecule has 1 atom stereocenters. The minimum Gasteiger partial charge on any atom is -0.497 e. The molecule has 8 heteroatoms. The third-order valence-corrected chi connectivity index (χ3v) is 4.11. The maximum atomic E-state index is 12.0. The lowest BCUT2D eigenvalue weighted by molar-refractivity contribution is 0.247. The number of carbonyl (C=O) groups excluding carboxylic acids is 1. The topological polar surface area (TPSA) is 89.3 Å². The zero-order valence-corrected chi connectivity index (χ0v) is 13.7. The first-order valence-electron chi connectivity index (χ1n) is 6.99. The van der Waals surface area contributed by atoms with E-state index in [4.69, 9.17) is 9.15 Å². The van der Waals surface area contributed by atoms with Crippen LogP contribution in [0, 0.1) is 6.92 Å². The van der Waals surface area contributed by atoms with Crippen LogP contribution >= 0.6 is 11.3 Å². The summed E-state index contributed by atoms with van der Waals surface area (Å²) in [7, 11) is 1.62. The summed E-state index contributed by atoms with van der Waals surface area (Å²) in [5.74, 6) is 1.48. The van der Waals surface area contributed by atoms with Gasteiger partial charge in [0.25, 0.3) is 0 Å². The van der Waals surface area contributed by atoms with Crippen molar-refractivity contribution in [2.24, 2.45) is 0 Å². The first kappa shape index (κ1) is 15.3. The molecular weight excluding hydrogens is 316 g/mol. The van der Waals surface area contributed by atoms with Crippen LogP contribution in [0.2, 0.25) is 0 Å². The van der Waals surface area contributed by atoms with E-state index in [9.17, 15) is 4.79 Å². The van der Waals surface area contributed by atoms with Gasteiger partial charge >= 0.3 is 6.03 Å². The Hall–Kier alpha value is -2.61. The van der Waals surface area contributed by atoms with Crippen molar-refractivity contribution in [1.29, 1.82) is 0 Å². The SMILES string of the molecule is COc1ccc2oc([C@@H](C)NC(=O)Nc3nncs3)c(C)c2c1. The molecule has 2 amide bonds. The van der Waals surface area contributed by atoms with Gasteiger partial charge in [-0.1, -0.05) is 11.3 Å². The van der Waals surface area contributed by atoms with Crippen molar-refractivity contribution < 1.29 is 13.9 Å². The van der Waals surface area contributed by atoms with Crippen LogP contribution in [0.15, 0.2) is 28.1 Å². The molecule has 0 radical (unpaired) electrons. The predicted octanol–water partition coefficient (Wildman–Crippen LogP) is 3.48. The number of aromatic nitrogens is 2. The molecule has 2 aromatic heterocycles. The number of nitrogens with zero attached hydrogens (tertiary/aromatic N) is 2. The number of methoxy groups -OCH3 is 1. The van der Waals surface area contributed by atoms with Crippen LogP contribution in [-0.4, -0.2) is 23.3 Å². The first-order chi connectivity index (χ1) is 11.1. The first-order valence-corrected chi connectivity index (χ1v) is 7.87. The minimum atomic E-state index is -0.355. The van der Waals surface area contributed by atoms with Gasteiger partial charge < -0.3 is 14.5 Å². The summed E-state index contributed by atoms with van der Waals surface area (Å²) in [5.41, 5.74) is 3.29. The zero-order valence-electron chi connectivity index (χ0n) is 12.9. The van der Waals surface area contributed by atoms with E-state index in [1.165, 1.54) is 11.3 Å². The zero-order chi connectivity index (χ0) is 16.4. The van der Waals surface area contributed by atoms with E-state index >= 15 is 0 Å². The van der Waals surface area contributed by atoms with Crippen molar-refractivity contribution in [3.63, 3.8) is 0 Å². The molecule has 3 rings (SSSR count). The average molecular weight is 332 g/mol. The molecule has 0 bridgehead atoms. The molecule has 0 saturated carbocycles. The van der Waals surface area contributed by atoms with Gasteiger partial charge in [0.1, 0.15) is 22.6 Å². The molecule has 120 valence electrons. The summed E-state index contributed by atoms with van der Waals surface area (Å²) < 4.78 is 11.1. The molecule has 0 spiro atoms. The second kappa shape index (κ2) is 6.25. The summed E-state index contributed by atoms with van der Waals surface area (Å²) in [5, 5.41) is 14.3. The van der Waals surface area contributed by atoms with Crippen molar-refractivity contribution in [3.05, 3.63) is 35.0 Å². The van der Waals surface area contributed by atoms with Crippen LogP contribution in [0.5, 0.6) is 5.75 Å². The number of fused-ring (bicyclic) bond motifs is 1. The Morgan fingerprint density at radius 1 is 1.43 bits per heavy atom. The third-order valence-electron chi connectivity index (χ3n) is 3.50. The Morgan fingerprint density at radius 2 is 2.26 bits per heavy atom. The number of urea groups is 1. The highest BCUT2D eigenvalue weighted by Gasteiger charge is 2.19. The van der Waals surface area contributed by atoms with E-state index < -0.39 is 0 Å². The van der Waals surface area contributed by atoms with Crippen LogP contribution < -0.4 is 15.4 Å². The average Bonchev–Trinajstić information content (AvgIpc) is 3.15. The maximum Gasteiger partial charge on any atom is 0.321 e. The van der Waals surface area contributed by atoms with Crippen molar-refractivity contribution in [3.8, 4) is 5.75 Å². The molecule has 0 aliphatic heterocycles. The lowest BCUT2D eigenvalue weighted by Crippen LogP contribution is -2.31. The fourth-order valence-electron chi connectivity index (χ4n) is 2.38. The number of hydrogen-bond donors (Lipinski definition) is 2.